The van der Waals surface area contributed by atoms with Crippen LogP contribution >= 0.6 is 11.3 Å². The van der Waals surface area contributed by atoms with E-state index in [1.165, 1.54) is 23.5 Å². The zero-order valence-corrected chi connectivity index (χ0v) is 11.1. The summed E-state index contributed by atoms with van der Waals surface area (Å²) in [6, 6.07) is 4.70. The number of halogens is 1. The topological polar surface area (TPSA) is 24.9 Å². The third kappa shape index (κ3) is 2.94. The molecule has 1 aromatic carbocycles. The van der Waals surface area contributed by atoms with Gasteiger partial charge in [0, 0.05) is 6.54 Å². The molecule has 1 unspecified atom stereocenters. The van der Waals surface area contributed by atoms with E-state index in [2.05, 4.69) is 31.1 Å². The van der Waals surface area contributed by atoms with E-state index in [0.29, 0.717) is 11.8 Å². The molecule has 0 aliphatic heterocycles. The summed E-state index contributed by atoms with van der Waals surface area (Å²) in [5.74, 6) is 1.04. The summed E-state index contributed by atoms with van der Waals surface area (Å²) in [5, 5.41) is 4.19. The predicted molar refractivity (Wildman–Crippen MR) is 72.1 cm³/mol. The van der Waals surface area contributed by atoms with Crippen LogP contribution in [0.4, 0.5) is 9.52 Å². The third-order valence-corrected chi connectivity index (χ3v) is 4.04. The Morgan fingerprint density at radius 1 is 1.35 bits per heavy atom. The summed E-state index contributed by atoms with van der Waals surface area (Å²) in [7, 11) is 0. The Kier molecular flexibility index (Phi) is 3.62. The number of hydrogen-bond acceptors (Lipinski definition) is 3. The van der Waals surface area contributed by atoms with Crippen LogP contribution in [0.3, 0.4) is 0 Å². The fourth-order valence-corrected chi connectivity index (χ4v) is 2.36. The molecule has 17 heavy (non-hydrogen) atoms. The lowest BCUT2D eigenvalue weighted by Gasteiger charge is -2.15. The van der Waals surface area contributed by atoms with Gasteiger partial charge in [-0.05, 0) is 30.0 Å². The molecule has 2 rings (SSSR count). The lowest BCUT2D eigenvalue weighted by atomic mass is 9.98. The van der Waals surface area contributed by atoms with Gasteiger partial charge in [-0.3, -0.25) is 0 Å². The van der Waals surface area contributed by atoms with Crippen LogP contribution in [-0.2, 0) is 0 Å². The second kappa shape index (κ2) is 5.00. The fraction of sp³-hybridized carbons (Fsp3) is 0.462. The number of anilines is 1. The highest BCUT2D eigenvalue weighted by molar-refractivity contribution is 7.22. The smallest absolute Gasteiger partial charge is 0.183 e. The molecule has 1 atom stereocenters. The van der Waals surface area contributed by atoms with Gasteiger partial charge in [0.25, 0.3) is 0 Å². The minimum atomic E-state index is -0.205. The van der Waals surface area contributed by atoms with E-state index < -0.39 is 0 Å². The summed E-state index contributed by atoms with van der Waals surface area (Å²) < 4.78 is 13.9. The van der Waals surface area contributed by atoms with Crippen molar-refractivity contribution in [3.8, 4) is 0 Å². The Balaban J connectivity index is 2.09. The number of hydrogen-bond donors (Lipinski definition) is 1. The molecule has 2 aromatic rings. The van der Waals surface area contributed by atoms with E-state index in [0.717, 1.165) is 21.9 Å². The van der Waals surface area contributed by atoms with Gasteiger partial charge in [0.05, 0.1) is 10.2 Å². The summed E-state index contributed by atoms with van der Waals surface area (Å²) in [4.78, 5) is 4.43. The Morgan fingerprint density at radius 2 is 2.12 bits per heavy atom. The van der Waals surface area contributed by atoms with Gasteiger partial charge in [-0.1, -0.05) is 32.1 Å². The molecule has 0 bridgehead atoms. The molecule has 1 heterocycles. The molecule has 0 aliphatic carbocycles. The van der Waals surface area contributed by atoms with Crippen molar-refractivity contribution >= 4 is 26.7 Å². The van der Waals surface area contributed by atoms with Crippen molar-refractivity contribution in [2.75, 3.05) is 11.9 Å². The van der Waals surface area contributed by atoms with Gasteiger partial charge in [-0.15, -0.1) is 0 Å². The first kappa shape index (κ1) is 12.3. The highest BCUT2D eigenvalue weighted by Gasteiger charge is 2.09. The maximum absolute atomic E-state index is 13.0. The van der Waals surface area contributed by atoms with E-state index in [9.17, 15) is 4.39 Å². The maximum atomic E-state index is 13.0. The number of nitrogens with one attached hydrogen (secondary N) is 1. The van der Waals surface area contributed by atoms with Crippen molar-refractivity contribution in [2.45, 2.75) is 20.8 Å². The van der Waals surface area contributed by atoms with Gasteiger partial charge >= 0.3 is 0 Å². The maximum Gasteiger partial charge on any atom is 0.183 e. The molecule has 1 aromatic heterocycles. The molecule has 92 valence electrons. The quantitative estimate of drug-likeness (QED) is 0.884. The summed E-state index contributed by atoms with van der Waals surface area (Å²) in [6.07, 6.45) is 0. The van der Waals surface area contributed by atoms with E-state index in [-0.39, 0.29) is 5.82 Å². The lowest BCUT2D eigenvalue weighted by molar-refractivity contribution is 0.440. The van der Waals surface area contributed by atoms with Crippen LogP contribution in [0.2, 0.25) is 0 Å². The van der Waals surface area contributed by atoms with Crippen molar-refractivity contribution in [1.29, 1.82) is 0 Å². The molecule has 4 heteroatoms. The highest BCUT2D eigenvalue weighted by atomic mass is 32.1. The van der Waals surface area contributed by atoms with Gasteiger partial charge < -0.3 is 5.32 Å². The fourth-order valence-electron chi connectivity index (χ4n) is 1.46. The van der Waals surface area contributed by atoms with Gasteiger partial charge in [-0.2, -0.15) is 0 Å². The monoisotopic (exact) mass is 252 g/mol. The van der Waals surface area contributed by atoms with Gasteiger partial charge in [0.15, 0.2) is 5.13 Å². The van der Waals surface area contributed by atoms with E-state index in [4.69, 9.17) is 0 Å². The molecule has 0 saturated heterocycles. The number of nitrogens with zero attached hydrogens (tertiary/aromatic N) is 1. The van der Waals surface area contributed by atoms with Crippen molar-refractivity contribution in [2.24, 2.45) is 11.8 Å². The minimum Gasteiger partial charge on any atom is -0.361 e. The van der Waals surface area contributed by atoms with Crippen LogP contribution in [-0.4, -0.2) is 11.5 Å². The summed E-state index contributed by atoms with van der Waals surface area (Å²) >= 11 is 1.50. The van der Waals surface area contributed by atoms with Gasteiger partial charge in [-0.25, -0.2) is 9.37 Å². The first-order valence-electron chi connectivity index (χ1n) is 5.86. The third-order valence-electron chi connectivity index (χ3n) is 3.06. The van der Waals surface area contributed by atoms with Crippen molar-refractivity contribution in [3.63, 3.8) is 0 Å². The van der Waals surface area contributed by atoms with Crippen LogP contribution < -0.4 is 5.32 Å². The number of benzene rings is 1. The second-order valence-electron chi connectivity index (χ2n) is 4.73. The molecule has 2 nitrogen and oxygen atoms in total. The molecule has 1 N–H and O–H groups in total. The highest BCUT2D eigenvalue weighted by Crippen LogP contribution is 2.26. The van der Waals surface area contributed by atoms with Crippen molar-refractivity contribution in [3.05, 3.63) is 24.0 Å². The first-order chi connectivity index (χ1) is 8.06. The Bertz CT molecular complexity index is 507. The molecular weight excluding hydrogens is 235 g/mol. The Labute approximate surface area is 105 Å². The zero-order chi connectivity index (χ0) is 12.4. The van der Waals surface area contributed by atoms with Crippen LogP contribution in [0.15, 0.2) is 18.2 Å². The molecule has 0 aliphatic rings. The molecule has 0 fully saturated rings. The molecule has 0 amide bonds. The zero-order valence-electron chi connectivity index (χ0n) is 10.3. The number of fused-ring (bicyclic) bond motifs is 1. The van der Waals surface area contributed by atoms with Crippen LogP contribution in [0.25, 0.3) is 10.2 Å². The average molecular weight is 252 g/mol. The summed E-state index contributed by atoms with van der Waals surface area (Å²) in [6.45, 7) is 7.53. The number of aromatic nitrogens is 1. The molecule has 0 radical (unpaired) electrons. The first-order valence-corrected chi connectivity index (χ1v) is 6.68. The van der Waals surface area contributed by atoms with Crippen LogP contribution in [0.1, 0.15) is 20.8 Å². The SMILES string of the molecule is CC(C)C(C)CNc1nc2ccc(F)cc2s1. The predicted octanol–water partition coefficient (Wildman–Crippen LogP) is 4.14. The minimum absolute atomic E-state index is 0.205. The number of thiazole rings is 1. The lowest BCUT2D eigenvalue weighted by Crippen LogP contribution is -2.15. The molecular formula is C13H17FN2S. The van der Waals surface area contributed by atoms with Gasteiger partial charge in [0.1, 0.15) is 5.82 Å². The van der Waals surface area contributed by atoms with Crippen molar-refractivity contribution < 1.29 is 4.39 Å². The second-order valence-corrected chi connectivity index (χ2v) is 5.76. The molecule has 0 saturated carbocycles. The van der Waals surface area contributed by atoms with E-state index in [1.54, 1.807) is 6.07 Å². The van der Waals surface area contributed by atoms with Gasteiger partial charge in [0.2, 0.25) is 0 Å². The van der Waals surface area contributed by atoms with E-state index in [1.807, 2.05) is 0 Å². The largest absolute Gasteiger partial charge is 0.361 e. The standard InChI is InChI=1S/C13H17FN2S/c1-8(2)9(3)7-15-13-16-11-5-4-10(14)6-12(11)17-13/h4-6,8-9H,7H2,1-3H3,(H,15,16). The summed E-state index contributed by atoms with van der Waals surface area (Å²) in [5.41, 5.74) is 0.858. The molecule has 0 spiro atoms. The van der Waals surface area contributed by atoms with E-state index >= 15 is 0 Å². The Hall–Kier alpha value is -1.16. The Morgan fingerprint density at radius 3 is 2.82 bits per heavy atom. The van der Waals surface area contributed by atoms with Crippen LogP contribution in [0.5, 0.6) is 0 Å². The van der Waals surface area contributed by atoms with Crippen molar-refractivity contribution in [1.82, 2.24) is 4.98 Å². The number of rotatable bonds is 4. The average Bonchev–Trinajstić information content (AvgIpc) is 2.67. The normalized spacial score (nSPS) is 13.2. The van der Waals surface area contributed by atoms with Crippen LogP contribution in [0, 0.1) is 17.7 Å².